The van der Waals surface area contributed by atoms with Gasteiger partial charge in [0, 0.05) is 17.1 Å². The molecule has 0 spiro atoms. The molecule has 3 rings (SSSR count). The Balaban J connectivity index is 1.80. The van der Waals surface area contributed by atoms with E-state index < -0.39 is 0 Å². The summed E-state index contributed by atoms with van der Waals surface area (Å²) in [5, 5.41) is 5.79. The lowest BCUT2D eigenvalue weighted by Crippen LogP contribution is -2.15. The summed E-state index contributed by atoms with van der Waals surface area (Å²) in [6.45, 7) is 3.73. The molecule has 1 heterocycles. The number of anilines is 3. The van der Waals surface area contributed by atoms with Gasteiger partial charge in [-0.05, 0) is 61.9 Å². The fourth-order valence-electron chi connectivity index (χ4n) is 2.32. The molecule has 3 aromatic rings. The Bertz CT molecular complexity index is 910. The van der Waals surface area contributed by atoms with Crippen LogP contribution < -0.4 is 10.6 Å². The Morgan fingerprint density at radius 2 is 1.72 bits per heavy atom. The lowest BCUT2D eigenvalue weighted by molar-refractivity contribution is 0.102. The summed E-state index contributed by atoms with van der Waals surface area (Å²) in [5.74, 6) is -0.367. The predicted molar refractivity (Wildman–Crippen MR) is 95.6 cm³/mol. The van der Waals surface area contributed by atoms with E-state index in [4.69, 9.17) is 0 Å². The third kappa shape index (κ3) is 4.38. The van der Waals surface area contributed by atoms with E-state index >= 15 is 0 Å². The number of benzene rings is 2. The van der Waals surface area contributed by atoms with Gasteiger partial charge in [0.25, 0.3) is 5.91 Å². The van der Waals surface area contributed by atoms with Crippen LogP contribution in [0.5, 0.6) is 0 Å². The van der Waals surface area contributed by atoms with Crippen molar-refractivity contribution >= 4 is 23.2 Å². The fraction of sp³-hybridized carbons (Fsp3) is 0.105. The van der Waals surface area contributed by atoms with Crippen LogP contribution in [0.3, 0.4) is 0 Å². The van der Waals surface area contributed by atoms with Crippen molar-refractivity contribution in [2.75, 3.05) is 10.6 Å². The van der Waals surface area contributed by atoms with Gasteiger partial charge in [-0.3, -0.25) is 4.79 Å². The van der Waals surface area contributed by atoms with Gasteiger partial charge in [-0.2, -0.15) is 0 Å². The minimum atomic E-state index is -0.325. The highest BCUT2D eigenvalue weighted by atomic mass is 19.1. The molecule has 0 aliphatic carbocycles. The normalized spacial score (nSPS) is 10.4. The number of carbonyl (C=O) groups excluding carboxylic acids is 1. The van der Waals surface area contributed by atoms with Crippen molar-refractivity contribution in [2.45, 2.75) is 13.8 Å². The van der Waals surface area contributed by atoms with Crippen molar-refractivity contribution in [3.63, 3.8) is 0 Å². The molecular formula is C19H17FN4O. The quantitative estimate of drug-likeness (QED) is 0.748. The highest BCUT2D eigenvalue weighted by Gasteiger charge is 2.11. The Labute approximate surface area is 145 Å². The Morgan fingerprint density at radius 1 is 0.960 bits per heavy atom. The van der Waals surface area contributed by atoms with Crippen LogP contribution in [0.4, 0.5) is 21.7 Å². The SMILES string of the molecule is Cc1cccc(NC(=O)c2cc(C)nc(Nc3ccc(F)cc3)n2)c1. The first kappa shape index (κ1) is 16.6. The van der Waals surface area contributed by atoms with E-state index in [-0.39, 0.29) is 23.4 Å². The molecule has 25 heavy (non-hydrogen) atoms. The minimum absolute atomic E-state index is 0.249. The summed E-state index contributed by atoms with van der Waals surface area (Å²) >= 11 is 0. The van der Waals surface area contributed by atoms with Crippen LogP contribution in [-0.2, 0) is 0 Å². The lowest BCUT2D eigenvalue weighted by Gasteiger charge is -2.09. The molecule has 0 atom stereocenters. The molecule has 126 valence electrons. The third-order valence-electron chi connectivity index (χ3n) is 3.46. The summed E-state index contributed by atoms with van der Waals surface area (Å²) in [6, 6.07) is 15.0. The van der Waals surface area contributed by atoms with E-state index in [9.17, 15) is 9.18 Å². The van der Waals surface area contributed by atoms with Gasteiger partial charge in [0.15, 0.2) is 0 Å². The number of aryl methyl sites for hydroxylation is 2. The highest BCUT2D eigenvalue weighted by molar-refractivity contribution is 6.03. The van der Waals surface area contributed by atoms with Gasteiger partial charge in [0.05, 0.1) is 0 Å². The van der Waals surface area contributed by atoms with Gasteiger partial charge < -0.3 is 10.6 Å². The van der Waals surface area contributed by atoms with Crippen LogP contribution in [0, 0.1) is 19.7 Å². The summed E-state index contributed by atoms with van der Waals surface area (Å²) < 4.78 is 13.0. The first-order chi connectivity index (χ1) is 12.0. The molecule has 0 unspecified atom stereocenters. The van der Waals surface area contributed by atoms with Crippen LogP contribution in [0.25, 0.3) is 0 Å². The van der Waals surface area contributed by atoms with Gasteiger partial charge in [0.1, 0.15) is 11.5 Å². The molecule has 0 fully saturated rings. The molecule has 5 nitrogen and oxygen atoms in total. The predicted octanol–water partition coefficient (Wildman–Crippen LogP) is 4.23. The van der Waals surface area contributed by atoms with E-state index in [0.717, 1.165) is 5.56 Å². The maximum Gasteiger partial charge on any atom is 0.274 e. The second-order valence-corrected chi connectivity index (χ2v) is 5.67. The number of carbonyl (C=O) groups is 1. The van der Waals surface area contributed by atoms with Gasteiger partial charge in [-0.25, -0.2) is 14.4 Å². The molecule has 0 aliphatic heterocycles. The van der Waals surface area contributed by atoms with Crippen molar-refractivity contribution in [1.29, 1.82) is 0 Å². The molecule has 0 radical (unpaired) electrons. The molecule has 2 N–H and O–H groups in total. The minimum Gasteiger partial charge on any atom is -0.324 e. The van der Waals surface area contributed by atoms with E-state index in [1.807, 2.05) is 31.2 Å². The average Bonchev–Trinajstić information content (AvgIpc) is 2.56. The first-order valence-corrected chi connectivity index (χ1v) is 7.76. The highest BCUT2D eigenvalue weighted by Crippen LogP contribution is 2.16. The van der Waals surface area contributed by atoms with Crippen LogP contribution in [0.2, 0.25) is 0 Å². The average molecular weight is 336 g/mol. The maximum absolute atomic E-state index is 13.0. The van der Waals surface area contributed by atoms with E-state index in [1.54, 1.807) is 25.1 Å². The second kappa shape index (κ2) is 7.09. The largest absolute Gasteiger partial charge is 0.324 e. The fourth-order valence-corrected chi connectivity index (χ4v) is 2.32. The summed E-state index contributed by atoms with van der Waals surface area (Å²) in [6.07, 6.45) is 0. The monoisotopic (exact) mass is 336 g/mol. The van der Waals surface area contributed by atoms with Crippen molar-refractivity contribution in [3.05, 3.63) is 77.4 Å². The Kier molecular flexibility index (Phi) is 4.70. The van der Waals surface area contributed by atoms with Crippen molar-refractivity contribution in [3.8, 4) is 0 Å². The van der Waals surface area contributed by atoms with E-state index in [1.165, 1.54) is 12.1 Å². The Morgan fingerprint density at radius 3 is 2.44 bits per heavy atom. The van der Waals surface area contributed by atoms with Gasteiger partial charge in [0.2, 0.25) is 5.95 Å². The summed E-state index contributed by atoms with van der Waals surface area (Å²) in [4.78, 5) is 20.9. The number of nitrogens with zero attached hydrogens (tertiary/aromatic N) is 2. The molecule has 2 aromatic carbocycles. The standard InChI is InChI=1S/C19H17FN4O/c1-12-4-3-5-16(10-12)22-18(25)17-11-13(2)21-19(24-17)23-15-8-6-14(20)7-9-15/h3-11H,1-2H3,(H,22,25)(H,21,23,24). The summed E-state index contributed by atoms with van der Waals surface area (Å²) in [5.41, 5.74) is 3.29. The number of hydrogen-bond donors (Lipinski definition) is 2. The molecule has 1 aromatic heterocycles. The summed E-state index contributed by atoms with van der Waals surface area (Å²) in [7, 11) is 0. The van der Waals surface area contributed by atoms with Crippen LogP contribution >= 0.6 is 0 Å². The van der Waals surface area contributed by atoms with Gasteiger partial charge >= 0.3 is 0 Å². The molecule has 0 saturated heterocycles. The molecule has 1 amide bonds. The topological polar surface area (TPSA) is 66.9 Å². The van der Waals surface area contributed by atoms with Gasteiger partial charge in [-0.1, -0.05) is 12.1 Å². The first-order valence-electron chi connectivity index (χ1n) is 7.76. The molecule has 0 bridgehead atoms. The smallest absolute Gasteiger partial charge is 0.274 e. The second-order valence-electron chi connectivity index (χ2n) is 5.67. The van der Waals surface area contributed by atoms with Crippen molar-refractivity contribution in [2.24, 2.45) is 0 Å². The molecule has 6 heteroatoms. The number of hydrogen-bond acceptors (Lipinski definition) is 4. The van der Waals surface area contributed by atoms with E-state index in [0.29, 0.717) is 17.1 Å². The van der Waals surface area contributed by atoms with Crippen LogP contribution in [-0.4, -0.2) is 15.9 Å². The number of nitrogens with one attached hydrogen (secondary N) is 2. The maximum atomic E-state index is 13.0. The number of halogens is 1. The zero-order chi connectivity index (χ0) is 17.8. The number of aromatic nitrogens is 2. The zero-order valence-corrected chi connectivity index (χ0v) is 13.9. The number of amides is 1. The van der Waals surface area contributed by atoms with E-state index in [2.05, 4.69) is 20.6 Å². The van der Waals surface area contributed by atoms with Crippen LogP contribution in [0.15, 0.2) is 54.6 Å². The molecular weight excluding hydrogens is 319 g/mol. The Hall–Kier alpha value is -3.28. The third-order valence-corrected chi connectivity index (χ3v) is 3.46. The number of rotatable bonds is 4. The van der Waals surface area contributed by atoms with Crippen molar-refractivity contribution < 1.29 is 9.18 Å². The van der Waals surface area contributed by atoms with Crippen LogP contribution in [0.1, 0.15) is 21.7 Å². The molecule has 0 aliphatic rings. The lowest BCUT2D eigenvalue weighted by atomic mass is 10.2. The van der Waals surface area contributed by atoms with Crippen molar-refractivity contribution in [1.82, 2.24) is 9.97 Å². The van der Waals surface area contributed by atoms with Gasteiger partial charge in [-0.15, -0.1) is 0 Å². The zero-order valence-electron chi connectivity index (χ0n) is 13.9. The molecule has 0 saturated carbocycles.